The molecule has 1 heterocycles. The van der Waals surface area contributed by atoms with E-state index in [1.165, 1.54) is 23.5 Å². The van der Waals surface area contributed by atoms with Crippen molar-refractivity contribution in [3.05, 3.63) is 60.2 Å². The molecule has 168 valence electrons. The van der Waals surface area contributed by atoms with Gasteiger partial charge in [0.15, 0.2) is 0 Å². The van der Waals surface area contributed by atoms with Crippen molar-refractivity contribution in [2.24, 2.45) is 5.92 Å². The molecule has 0 aromatic heterocycles. The van der Waals surface area contributed by atoms with Gasteiger partial charge in [0.1, 0.15) is 11.8 Å². The summed E-state index contributed by atoms with van der Waals surface area (Å²) in [4.78, 5) is 12.7. The van der Waals surface area contributed by atoms with E-state index in [-0.39, 0.29) is 18.0 Å². The molecule has 0 radical (unpaired) electrons. The maximum absolute atomic E-state index is 13.4. The molecule has 0 saturated carbocycles. The number of rotatable bonds is 8. The standard InChI is InChI=1S/C22H28N2O6S/c1-29-19-10-12-20(13-11-19)31(27,28)24-14-6-5-9-18(21(24)22(25)23-26)16-30-15-17-7-3-2-4-8-17/h2-4,7-8,10-13,18,21,26H,5-6,9,14-16H2,1H3,(H,23,25). The summed E-state index contributed by atoms with van der Waals surface area (Å²) < 4.78 is 38.9. The number of nitrogens with one attached hydrogen (secondary N) is 1. The largest absolute Gasteiger partial charge is 0.497 e. The number of amides is 1. The van der Waals surface area contributed by atoms with E-state index in [0.717, 1.165) is 12.0 Å². The van der Waals surface area contributed by atoms with Crippen LogP contribution in [0.4, 0.5) is 0 Å². The molecule has 3 rings (SSSR count). The Bertz CT molecular complexity index is 950. The van der Waals surface area contributed by atoms with Crippen LogP contribution in [0.3, 0.4) is 0 Å². The number of nitrogens with zero attached hydrogens (tertiary/aromatic N) is 1. The van der Waals surface area contributed by atoms with Gasteiger partial charge in [-0.1, -0.05) is 36.8 Å². The number of carbonyl (C=O) groups is 1. The van der Waals surface area contributed by atoms with Gasteiger partial charge in [-0.25, -0.2) is 13.9 Å². The van der Waals surface area contributed by atoms with Crippen LogP contribution in [0.15, 0.2) is 59.5 Å². The highest BCUT2D eigenvalue weighted by Crippen LogP contribution is 2.30. The first-order valence-electron chi connectivity index (χ1n) is 10.2. The first-order chi connectivity index (χ1) is 15.0. The zero-order chi connectivity index (χ0) is 22.3. The third-order valence-corrected chi connectivity index (χ3v) is 7.34. The van der Waals surface area contributed by atoms with Gasteiger partial charge in [0.05, 0.1) is 25.2 Å². The van der Waals surface area contributed by atoms with Gasteiger partial charge in [-0.2, -0.15) is 4.31 Å². The molecule has 2 unspecified atom stereocenters. The Morgan fingerprint density at radius 2 is 1.84 bits per heavy atom. The molecule has 1 fully saturated rings. The van der Waals surface area contributed by atoms with Crippen LogP contribution in [0.5, 0.6) is 5.75 Å². The number of hydrogen-bond donors (Lipinski definition) is 2. The molecule has 1 aliphatic heterocycles. The molecule has 2 aromatic carbocycles. The van der Waals surface area contributed by atoms with E-state index in [9.17, 15) is 18.4 Å². The highest BCUT2D eigenvalue weighted by Gasteiger charge is 2.42. The Labute approximate surface area is 182 Å². The Morgan fingerprint density at radius 3 is 2.48 bits per heavy atom. The zero-order valence-electron chi connectivity index (χ0n) is 17.4. The molecule has 0 spiro atoms. The minimum absolute atomic E-state index is 0.0647. The Morgan fingerprint density at radius 1 is 1.13 bits per heavy atom. The van der Waals surface area contributed by atoms with Crippen LogP contribution in [0.25, 0.3) is 0 Å². The predicted octanol–water partition coefficient (Wildman–Crippen LogP) is 2.58. The van der Waals surface area contributed by atoms with Crippen LogP contribution in [-0.2, 0) is 26.2 Å². The third-order valence-electron chi connectivity index (χ3n) is 5.45. The molecular weight excluding hydrogens is 420 g/mol. The van der Waals surface area contributed by atoms with E-state index in [1.54, 1.807) is 17.6 Å². The minimum Gasteiger partial charge on any atom is -0.497 e. The second-order valence-electron chi connectivity index (χ2n) is 7.47. The fourth-order valence-electron chi connectivity index (χ4n) is 3.85. The summed E-state index contributed by atoms with van der Waals surface area (Å²) in [7, 11) is -2.47. The van der Waals surface area contributed by atoms with Crippen LogP contribution < -0.4 is 10.2 Å². The Hall–Kier alpha value is -2.46. The average molecular weight is 449 g/mol. The molecule has 9 heteroatoms. The summed E-state index contributed by atoms with van der Waals surface area (Å²) >= 11 is 0. The Balaban J connectivity index is 1.83. The minimum atomic E-state index is -3.97. The third kappa shape index (κ3) is 5.62. The molecule has 2 atom stereocenters. The lowest BCUT2D eigenvalue weighted by atomic mass is 9.96. The maximum Gasteiger partial charge on any atom is 0.262 e. The van der Waals surface area contributed by atoms with Gasteiger partial charge < -0.3 is 9.47 Å². The van der Waals surface area contributed by atoms with Gasteiger partial charge >= 0.3 is 0 Å². The fraction of sp³-hybridized carbons (Fsp3) is 0.409. The van der Waals surface area contributed by atoms with Gasteiger partial charge in [0, 0.05) is 12.5 Å². The molecule has 2 aromatic rings. The van der Waals surface area contributed by atoms with Gasteiger partial charge in [0.2, 0.25) is 10.0 Å². The number of ether oxygens (including phenoxy) is 2. The van der Waals surface area contributed by atoms with Crippen molar-refractivity contribution in [1.29, 1.82) is 0 Å². The summed E-state index contributed by atoms with van der Waals surface area (Å²) in [6.45, 7) is 0.735. The van der Waals surface area contributed by atoms with Crippen LogP contribution in [0.2, 0.25) is 0 Å². The molecule has 1 aliphatic rings. The van der Waals surface area contributed by atoms with Crippen molar-refractivity contribution in [2.45, 2.75) is 36.8 Å². The van der Waals surface area contributed by atoms with Gasteiger partial charge in [-0.05, 0) is 42.7 Å². The summed E-state index contributed by atoms with van der Waals surface area (Å²) in [5.74, 6) is -0.620. The topological polar surface area (TPSA) is 105 Å². The van der Waals surface area contributed by atoms with E-state index in [0.29, 0.717) is 25.2 Å². The molecule has 31 heavy (non-hydrogen) atoms. The van der Waals surface area contributed by atoms with Crippen LogP contribution in [-0.4, -0.2) is 50.1 Å². The second-order valence-corrected chi connectivity index (χ2v) is 9.36. The normalized spacial score (nSPS) is 20.1. The average Bonchev–Trinajstić information content (AvgIpc) is 3.02. The van der Waals surface area contributed by atoms with E-state index in [1.807, 2.05) is 30.3 Å². The lowest BCUT2D eigenvalue weighted by Gasteiger charge is -2.32. The van der Waals surface area contributed by atoms with E-state index in [2.05, 4.69) is 0 Å². The molecule has 1 saturated heterocycles. The summed E-state index contributed by atoms with van der Waals surface area (Å²) in [6.07, 6.45) is 1.98. The quantitative estimate of drug-likeness (QED) is 0.475. The zero-order valence-corrected chi connectivity index (χ0v) is 18.3. The maximum atomic E-state index is 13.4. The van der Waals surface area contributed by atoms with Crippen molar-refractivity contribution in [1.82, 2.24) is 9.79 Å². The molecule has 0 bridgehead atoms. The molecular formula is C22H28N2O6S. The van der Waals surface area contributed by atoms with Crippen LogP contribution in [0, 0.1) is 5.92 Å². The number of carbonyl (C=O) groups excluding carboxylic acids is 1. The monoisotopic (exact) mass is 448 g/mol. The van der Waals surface area contributed by atoms with Gasteiger partial charge in [-0.15, -0.1) is 0 Å². The van der Waals surface area contributed by atoms with Gasteiger partial charge in [0.25, 0.3) is 5.91 Å². The van der Waals surface area contributed by atoms with Crippen molar-refractivity contribution in [3.8, 4) is 5.75 Å². The van der Waals surface area contributed by atoms with E-state index < -0.39 is 27.9 Å². The summed E-state index contributed by atoms with van der Waals surface area (Å²) in [5, 5.41) is 9.34. The van der Waals surface area contributed by atoms with Crippen molar-refractivity contribution >= 4 is 15.9 Å². The SMILES string of the molecule is COc1ccc(S(=O)(=O)N2CCCCC(COCc3ccccc3)C2C(=O)NO)cc1. The van der Waals surface area contributed by atoms with Crippen molar-refractivity contribution in [3.63, 3.8) is 0 Å². The number of hydroxylamine groups is 1. The number of methoxy groups -OCH3 is 1. The number of sulfonamides is 1. The molecule has 1 amide bonds. The number of benzene rings is 2. The summed E-state index contributed by atoms with van der Waals surface area (Å²) in [5.41, 5.74) is 2.64. The second kappa shape index (κ2) is 10.7. The van der Waals surface area contributed by atoms with Crippen LogP contribution >= 0.6 is 0 Å². The number of hydrogen-bond acceptors (Lipinski definition) is 6. The predicted molar refractivity (Wildman–Crippen MR) is 114 cm³/mol. The lowest BCUT2D eigenvalue weighted by Crippen LogP contribution is -2.53. The van der Waals surface area contributed by atoms with Crippen molar-refractivity contribution in [2.75, 3.05) is 20.3 Å². The Kier molecular flexibility index (Phi) is 8.03. The van der Waals surface area contributed by atoms with Crippen LogP contribution in [0.1, 0.15) is 24.8 Å². The highest BCUT2D eigenvalue weighted by atomic mass is 32.2. The molecule has 2 N–H and O–H groups in total. The van der Waals surface area contributed by atoms with E-state index >= 15 is 0 Å². The van der Waals surface area contributed by atoms with E-state index in [4.69, 9.17) is 9.47 Å². The first-order valence-corrected chi connectivity index (χ1v) is 11.6. The smallest absolute Gasteiger partial charge is 0.262 e. The van der Waals surface area contributed by atoms with Crippen molar-refractivity contribution < 1.29 is 27.9 Å². The summed E-state index contributed by atoms with van der Waals surface area (Å²) in [6, 6.07) is 14.6. The molecule has 8 nitrogen and oxygen atoms in total. The highest BCUT2D eigenvalue weighted by molar-refractivity contribution is 7.89. The first kappa shape index (κ1) is 23.2. The molecule has 0 aliphatic carbocycles. The van der Waals surface area contributed by atoms with Gasteiger partial charge in [-0.3, -0.25) is 10.0 Å². The fourth-order valence-corrected chi connectivity index (χ4v) is 5.53. The lowest BCUT2D eigenvalue weighted by molar-refractivity contribution is -0.135.